The molecule has 0 saturated heterocycles. The van der Waals surface area contributed by atoms with E-state index >= 15 is 0 Å². The Labute approximate surface area is 70.9 Å². The van der Waals surface area contributed by atoms with Gasteiger partial charge in [-0.25, -0.2) is 0 Å². The van der Waals surface area contributed by atoms with E-state index in [1.54, 1.807) is 6.07 Å². The molecule has 2 aromatic rings. The Morgan fingerprint density at radius 1 is 1.45 bits per heavy atom. The topological polar surface area (TPSA) is 46.0 Å². The van der Waals surface area contributed by atoms with Crippen molar-refractivity contribution in [3.05, 3.63) is 28.7 Å². The molecule has 0 unspecified atom stereocenters. The number of fused-ring (bicyclic) bond motifs is 1. The summed E-state index contributed by atoms with van der Waals surface area (Å²) in [6.45, 7) is 0. The van der Waals surface area contributed by atoms with E-state index in [1.807, 2.05) is 12.1 Å². The Hall–Kier alpha value is -0.952. The molecule has 1 heterocycles. The summed E-state index contributed by atoms with van der Waals surface area (Å²) in [4.78, 5) is 13.2. The molecule has 0 spiro atoms. The molecule has 3 nitrogen and oxygen atoms in total. The van der Waals surface area contributed by atoms with Crippen LogP contribution in [-0.2, 0) is 0 Å². The molecule has 0 atom stereocenters. The van der Waals surface area contributed by atoms with Crippen molar-refractivity contribution < 1.29 is 4.42 Å². The number of hydrogen-bond acceptors (Lipinski definition) is 2. The molecule has 0 saturated carbocycles. The average molecular weight is 209 g/mol. The SMILES string of the molecule is O=c1[nH]c2ccc([As])cc2o1. The number of rotatable bonds is 0. The van der Waals surface area contributed by atoms with Crippen molar-refractivity contribution in [2.75, 3.05) is 0 Å². The number of hydrogen-bond donors (Lipinski definition) is 1. The van der Waals surface area contributed by atoms with Crippen molar-refractivity contribution in [1.82, 2.24) is 4.98 Å². The van der Waals surface area contributed by atoms with Crippen LogP contribution >= 0.6 is 0 Å². The van der Waals surface area contributed by atoms with Gasteiger partial charge in [-0.1, -0.05) is 0 Å². The molecular weight excluding hydrogens is 205 g/mol. The molecule has 0 amide bonds. The summed E-state index contributed by atoms with van der Waals surface area (Å²) >= 11 is 2.39. The number of benzene rings is 1. The van der Waals surface area contributed by atoms with E-state index in [9.17, 15) is 4.79 Å². The molecule has 0 fully saturated rings. The molecule has 2 radical (unpaired) electrons. The third-order valence-electron chi connectivity index (χ3n) is 1.40. The van der Waals surface area contributed by atoms with Crippen LogP contribution < -0.4 is 10.1 Å². The molecule has 0 bridgehead atoms. The summed E-state index contributed by atoms with van der Waals surface area (Å²) in [5, 5.41) is 0. The number of H-pyrrole nitrogens is 1. The van der Waals surface area contributed by atoms with Crippen LogP contribution in [0.15, 0.2) is 27.4 Å². The van der Waals surface area contributed by atoms with Crippen LogP contribution in [0.2, 0.25) is 0 Å². The Morgan fingerprint density at radius 2 is 2.27 bits per heavy atom. The minimum atomic E-state index is -0.405. The maximum atomic E-state index is 10.7. The van der Waals surface area contributed by atoms with Crippen LogP contribution in [-0.4, -0.2) is 21.8 Å². The van der Waals surface area contributed by atoms with Gasteiger partial charge in [-0.2, -0.15) is 0 Å². The number of aromatic nitrogens is 1. The van der Waals surface area contributed by atoms with Gasteiger partial charge in [0, 0.05) is 0 Å². The summed E-state index contributed by atoms with van der Waals surface area (Å²) in [6, 6.07) is 5.51. The van der Waals surface area contributed by atoms with E-state index in [4.69, 9.17) is 4.42 Å². The molecule has 0 aliphatic carbocycles. The monoisotopic (exact) mass is 209 g/mol. The molecule has 4 heteroatoms. The zero-order valence-corrected chi connectivity index (χ0v) is 7.37. The first-order valence-electron chi connectivity index (χ1n) is 3.07. The van der Waals surface area contributed by atoms with Crippen LogP contribution in [0.1, 0.15) is 0 Å². The fraction of sp³-hybridized carbons (Fsp3) is 0. The van der Waals surface area contributed by atoms with Gasteiger partial charge in [0.2, 0.25) is 0 Å². The van der Waals surface area contributed by atoms with Gasteiger partial charge in [0.1, 0.15) is 0 Å². The number of aromatic amines is 1. The van der Waals surface area contributed by atoms with Gasteiger partial charge in [-0.3, -0.25) is 0 Å². The second-order valence-corrected chi connectivity index (χ2v) is 3.28. The van der Waals surface area contributed by atoms with Crippen LogP contribution in [0.4, 0.5) is 0 Å². The third-order valence-corrected chi connectivity index (χ3v) is 1.99. The van der Waals surface area contributed by atoms with Crippen molar-refractivity contribution in [2.45, 2.75) is 0 Å². The first kappa shape index (κ1) is 6.74. The van der Waals surface area contributed by atoms with Gasteiger partial charge < -0.3 is 0 Å². The zero-order chi connectivity index (χ0) is 7.84. The minimum absolute atomic E-state index is 0.405. The summed E-state index contributed by atoms with van der Waals surface area (Å²) in [7, 11) is 0. The molecule has 1 N–H and O–H groups in total. The molecule has 1 aromatic carbocycles. The molecular formula is C7H4AsNO2. The number of oxazole rings is 1. The molecule has 1 aromatic heterocycles. The summed E-state index contributed by atoms with van der Waals surface area (Å²) in [5.41, 5.74) is 1.35. The van der Waals surface area contributed by atoms with E-state index < -0.39 is 5.76 Å². The molecule has 0 aliphatic heterocycles. The fourth-order valence-electron chi connectivity index (χ4n) is 0.934. The maximum absolute atomic E-state index is 10.7. The fourth-order valence-corrected chi connectivity index (χ4v) is 1.34. The van der Waals surface area contributed by atoms with Crippen LogP contribution in [0.3, 0.4) is 0 Å². The van der Waals surface area contributed by atoms with E-state index in [0.29, 0.717) is 5.58 Å². The van der Waals surface area contributed by atoms with Crippen LogP contribution in [0.25, 0.3) is 11.1 Å². The van der Waals surface area contributed by atoms with Crippen LogP contribution in [0.5, 0.6) is 0 Å². The Morgan fingerprint density at radius 3 is 3.09 bits per heavy atom. The molecule has 0 aliphatic rings. The summed E-state index contributed by atoms with van der Waals surface area (Å²) in [5.74, 6) is -0.405. The van der Waals surface area contributed by atoms with Gasteiger partial charge in [0.25, 0.3) is 0 Å². The molecule has 2 rings (SSSR count). The standard InChI is InChI=1S/C7H4AsNO2/c8-4-1-2-5-6(3-4)11-7(10)9-5/h1-3H,(H,9,10). The zero-order valence-electron chi connectivity index (χ0n) is 5.50. The number of nitrogens with one attached hydrogen (secondary N) is 1. The molecule has 11 heavy (non-hydrogen) atoms. The van der Waals surface area contributed by atoms with Crippen LogP contribution in [0, 0.1) is 0 Å². The Bertz CT molecular complexity index is 443. The predicted molar refractivity (Wildman–Crippen MR) is 42.2 cm³/mol. The van der Waals surface area contributed by atoms with E-state index in [1.165, 1.54) is 0 Å². The van der Waals surface area contributed by atoms with E-state index in [0.717, 1.165) is 9.87 Å². The summed E-state index contributed by atoms with van der Waals surface area (Å²) < 4.78 is 5.85. The second-order valence-electron chi connectivity index (χ2n) is 2.19. The van der Waals surface area contributed by atoms with Gasteiger partial charge >= 0.3 is 70.5 Å². The molecule has 54 valence electrons. The predicted octanol–water partition coefficient (Wildman–Crippen LogP) is -0.0851. The van der Waals surface area contributed by atoms with Crippen molar-refractivity contribution in [2.24, 2.45) is 0 Å². The normalized spacial score (nSPS) is 10.6. The van der Waals surface area contributed by atoms with Crippen molar-refractivity contribution in [3.63, 3.8) is 0 Å². The van der Waals surface area contributed by atoms with E-state index in [-0.39, 0.29) is 0 Å². The van der Waals surface area contributed by atoms with Gasteiger partial charge in [0.15, 0.2) is 0 Å². The first-order valence-corrected chi connectivity index (χ1v) is 4.01. The summed E-state index contributed by atoms with van der Waals surface area (Å²) in [6.07, 6.45) is 0. The second kappa shape index (κ2) is 2.28. The van der Waals surface area contributed by atoms with Gasteiger partial charge in [-0.05, 0) is 0 Å². The van der Waals surface area contributed by atoms with Crippen molar-refractivity contribution >= 4 is 32.3 Å². The first-order chi connectivity index (χ1) is 5.25. The van der Waals surface area contributed by atoms with Gasteiger partial charge in [-0.15, -0.1) is 0 Å². The average Bonchev–Trinajstić information content (AvgIpc) is 2.27. The third kappa shape index (κ3) is 1.12. The van der Waals surface area contributed by atoms with Crippen molar-refractivity contribution in [3.8, 4) is 0 Å². The quantitative estimate of drug-likeness (QED) is 0.616. The van der Waals surface area contributed by atoms with E-state index in [2.05, 4.69) is 21.8 Å². The van der Waals surface area contributed by atoms with Crippen molar-refractivity contribution in [1.29, 1.82) is 0 Å². The van der Waals surface area contributed by atoms with Gasteiger partial charge in [0.05, 0.1) is 0 Å². The Balaban J connectivity index is 2.92. The Kier molecular flexibility index (Phi) is 1.39.